The number of benzene rings is 2. The quantitative estimate of drug-likeness (QED) is 0.296. The van der Waals surface area contributed by atoms with Crippen molar-refractivity contribution in [1.82, 2.24) is 15.6 Å². The summed E-state index contributed by atoms with van der Waals surface area (Å²) in [5, 5.41) is 7.99. The number of hydrogen-bond donors (Lipinski definition) is 4. The molecule has 1 atom stereocenters. The number of pyridine rings is 1. The Balaban J connectivity index is 1.64. The van der Waals surface area contributed by atoms with E-state index in [0.717, 1.165) is 64.1 Å². The monoisotopic (exact) mass is 524 g/mol. The molecule has 8 heteroatoms. The number of nitrogens with one attached hydrogen (secondary N) is 3. The number of primary amides is 1. The van der Waals surface area contributed by atoms with Crippen molar-refractivity contribution in [3.63, 3.8) is 0 Å². The predicted molar refractivity (Wildman–Crippen MR) is 149 cm³/mol. The number of thioether (sulfide) groups is 1. The first kappa shape index (κ1) is 25.2. The van der Waals surface area contributed by atoms with E-state index >= 15 is 0 Å². The number of hydrogen-bond acceptors (Lipinski definition) is 4. The first-order valence-corrected chi connectivity index (χ1v) is 14.0. The number of urea groups is 1. The molecule has 0 bridgehead atoms. The highest BCUT2D eigenvalue weighted by Crippen LogP contribution is 2.49. The Morgan fingerprint density at radius 3 is 2.56 bits per heavy atom. The van der Waals surface area contributed by atoms with Gasteiger partial charge in [0.15, 0.2) is 0 Å². The molecule has 0 spiro atoms. The molecule has 1 saturated carbocycles. The highest BCUT2D eigenvalue weighted by molar-refractivity contribution is 7.99. The van der Waals surface area contributed by atoms with E-state index in [0.29, 0.717) is 22.1 Å². The summed E-state index contributed by atoms with van der Waals surface area (Å²) in [4.78, 5) is 29.3. The number of H-pyrrole nitrogens is 1. The van der Waals surface area contributed by atoms with Crippen LogP contribution in [0.1, 0.15) is 55.2 Å². The number of fused-ring (bicyclic) bond motifs is 1. The molecule has 1 saturated heterocycles. The summed E-state index contributed by atoms with van der Waals surface area (Å²) < 4.78 is 0. The Hall–Kier alpha value is -2.48. The largest absolute Gasteiger partial charge is 0.352 e. The molecule has 2 heterocycles. The van der Waals surface area contributed by atoms with Crippen LogP contribution in [-0.4, -0.2) is 29.4 Å². The van der Waals surface area contributed by atoms with E-state index in [2.05, 4.69) is 47.7 Å². The minimum atomic E-state index is -0.560. The average molecular weight is 525 g/mol. The summed E-state index contributed by atoms with van der Waals surface area (Å²) in [7, 11) is 0. The van der Waals surface area contributed by atoms with E-state index in [1.54, 1.807) is 11.8 Å². The van der Waals surface area contributed by atoms with Crippen molar-refractivity contribution in [2.24, 2.45) is 5.73 Å². The third-order valence-corrected chi connectivity index (χ3v) is 8.78. The minimum Gasteiger partial charge on any atom is -0.352 e. The van der Waals surface area contributed by atoms with Crippen LogP contribution in [0.2, 0.25) is 5.02 Å². The average Bonchev–Trinajstić information content (AvgIpc) is 3.58. The van der Waals surface area contributed by atoms with E-state index in [-0.39, 0.29) is 5.56 Å². The number of aromatic amines is 1. The van der Waals surface area contributed by atoms with Crippen molar-refractivity contribution in [2.75, 3.05) is 12.3 Å². The lowest BCUT2D eigenvalue weighted by atomic mass is 9.98. The zero-order chi connectivity index (χ0) is 25.4. The topological polar surface area (TPSA) is 100 Å². The van der Waals surface area contributed by atoms with Crippen molar-refractivity contribution in [3.05, 3.63) is 62.4 Å². The Morgan fingerprint density at radius 2 is 1.92 bits per heavy atom. The third kappa shape index (κ3) is 5.15. The molecule has 5 N–H and O–H groups in total. The van der Waals surface area contributed by atoms with E-state index in [9.17, 15) is 9.59 Å². The second kappa shape index (κ2) is 10.1. The molecule has 2 aliphatic rings. The number of piperidine rings is 1. The van der Waals surface area contributed by atoms with Crippen molar-refractivity contribution < 1.29 is 4.79 Å². The molecule has 6 nitrogen and oxygen atoms in total. The van der Waals surface area contributed by atoms with Crippen molar-refractivity contribution in [2.45, 2.75) is 68.8 Å². The number of amides is 2. The van der Waals surface area contributed by atoms with Crippen LogP contribution in [0.3, 0.4) is 0 Å². The van der Waals surface area contributed by atoms with Crippen molar-refractivity contribution in [1.29, 1.82) is 0 Å². The molecule has 0 radical (unpaired) electrons. The van der Waals surface area contributed by atoms with Gasteiger partial charge in [-0.15, -0.1) is 11.8 Å². The van der Waals surface area contributed by atoms with Crippen LogP contribution in [0.5, 0.6) is 0 Å². The van der Waals surface area contributed by atoms with Gasteiger partial charge >= 0.3 is 6.03 Å². The fraction of sp³-hybridized carbons (Fsp3) is 0.429. The molecule has 2 amide bonds. The standard InChI is InChI=1S/C28H33ClN4O2S/c1-16-11-17(2)13-18(12-16)24-25(36-10-6-19-5-3-4-9-31-19)20-14-21(28(7-8-28)33-27(30)35)22(29)15-23(20)32-26(24)34/h11-15,19,31H,3-10H2,1-2H3,(H,32,34)(H3,30,33,35). The van der Waals surface area contributed by atoms with Gasteiger partial charge in [-0.25, -0.2) is 4.79 Å². The van der Waals surface area contributed by atoms with Gasteiger partial charge in [-0.1, -0.05) is 47.3 Å². The van der Waals surface area contributed by atoms with Crippen molar-refractivity contribution in [3.8, 4) is 11.1 Å². The molecule has 5 rings (SSSR count). The van der Waals surface area contributed by atoms with Gasteiger partial charge < -0.3 is 21.4 Å². The van der Waals surface area contributed by atoms with Gasteiger partial charge in [-0.2, -0.15) is 0 Å². The number of carbonyl (C=O) groups excluding carboxylic acids is 1. The van der Waals surface area contributed by atoms with Crippen LogP contribution < -0.4 is 21.9 Å². The molecule has 1 aliphatic carbocycles. The Kier molecular flexibility index (Phi) is 7.07. The number of aromatic nitrogens is 1. The SMILES string of the molecule is Cc1cc(C)cc(-c2c(SCCC3CCCCN3)c3cc(C4(NC(N)=O)CC4)c(Cl)cc3[nH]c2=O)c1. The van der Waals surface area contributed by atoms with Gasteiger partial charge in [-0.3, -0.25) is 4.79 Å². The molecule has 190 valence electrons. The molecule has 1 aromatic heterocycles. The lowest BCUT2D eigenvalue weighted by Gasteiger charge is -2.24. The van der Waals surface area contributed by atoms with E-state index in [4.69, 9.17) is 17.3 Å². The second-order valence-corrected chi connectivity index (χ2v) is 11.8. The molecule has 3 aromatic rings. The minimum absolute atomic E-state index is 0.119. The summed E-state index contributed by atoms with van der Waals surface area (Å²) in [5.41, 5.74) is 10.2. The third-order valence-electron chi connectivity index (χ3n) is 7.32. The summed E-state index contributed by atoms with van der Waals surface area (Å²) in [6.45, 7) is 5.18. The van der Waals surface area contributed by atoms with Crippen LogP contribution in [0, 0.1) is 13.8 Å². The highest BCUT2D eigenvalue weighted by atomic mass is 35.5. The Morgan fingerprint density at radius 1 is 1.17 bits per heavy atom. The first-order valence-electron chi connectivity index (χ1n) is 12.7. The van der Waals surface area contributed by atoms with Gasteiger partial charge in [-0.05, 0) is 81.5 Å². The van der Waals surface area contributed by atoms with Gasteiger partial charge in [0.25, 0.3) is 5.56 Å². The van der Waals surface area contributed by atoms with Gasteiger partial charge in [0.2, 0.25) is 0 Å². The molecule has 36 heavy (non-hydrogen) atoms. The van der Waals surface area contributed by atoms with E-state index in [1.165, 1.54) is 19.3 Å². The lowest BCUT2D eigenvalue weighted by molar-refractivity contribution is 0.244. The van der Waals surface area contributed by atoms with Crippen LogP contribution in [0.4, 0.5) is 4.79 Å². The second-order valence-electron chi connectivity index (χ2n) is 10.3. The number of aryl methyl sites for hydroxylation is 2. The lowest BCUT2D eigenvalue weighted by Crippen LogP contribution is -2.38. The maximum atomic E-state index is 13.5. The zero-order valence-electron chi connectivity index (χ0n) is 20.8. The molecule has 2 fully saturated rings. The number of carbonyl (C=O) groups is 1. The zero-order valence-corrected chi connectivity index (χ0v) is 22.4. The van der Waals surface area contributed by atoms with Gasteiger partial charge in [0.1, 0.15) is 0 Å². The van der Waals surface area contributed by atoms with E-state index in [1.807, 2.05) is 12.1 Å². The highest BCUT2D eigenvalue weighted by Gasteiger charge is 2.47. The first-order chi connectivity index (χ1) is 17.3. The summed E-state index contributed by atoms with van der Waals surface area (Å²) in [6, 6.07) is 10.1. The van der Waals surface area contributed by atoms with Crippen LogP contribution in [0.15, 0.2) is 40.0 Å². The molecule has 2 aromatic carbocycles. The smallest absolute Gasteiger partial charge is 0.312 e. The predicted octanol–water partition coefficient (Wildman–Crippen LogP) is 5.75. The van der Waals surface area contributed by atoms with Crippen molar-refractivity contribution >= 4 is 40.3 Å². The molecular weight excluding hydrogens is 492 g/mol. The fourth-order valence-corrected chi connectivity index (χ4v) is 7.11. The van der Waals surface area contributed by atoms with Gasteiger partial charge in [0.05, 0.1) is 16.6 Å². The summed E-state index contributed by atoms with van der Waals surface area (Å²) in [6.07, 6.45) is 6.31. The Bertz CT molecular complexity index is 1360. The van der Waals surface area contributed by atoms with Crippen LogP contribution in [0.25, 0.3) is 22.0 Å². The number of rotatable bonds is 7. The Labute approximate surface area is 220 Å². The normalized spacial score (nSPS) is 18.8. The van der Waals surface area contributed by atoms with Crippen LogP contribution >= 0.6 is 23.4 Å². The maximum Gasteiger partial charge on any atom is 0.312 e. The van der Waals surface area contributed by atoms with E-state index < -0.39 is 11.6 Å². The molecule has 1 unspecified atom stereocenters. The fourth-order valence-electron chi connectivity index (χ4n) is 5.48. The van der Waals surface area contributed by atoms with Crippen LogP contribution in [-0.2, 0) is 5.54 Å². The van der Waals surface area contributed by atoms with Gasteiger partial charge in [0, 0.05) is 21.3 Å². The summed E-state index contributed by atoms with van der Waals surface area (Å²) in [5.74, 6) is 0.899. The molecule has 1 aliphatic heterocycles. The summed E-state index contributed by atoms with van der Waals surface area (Å²) >= 11 is 8.43. The number of halogens is 1. The molecular formula is C28H33ClN4O2S. The maximum absolute atomic E-state index is 13.5. The number of nitrogens with two attached hydrogens (primary N) is 1.